The van der Waals surface area contributed by atoms with Gasteiger partial charge in [0.1, 0.15) is 5.82 Å². The Kier molecular flexibility index (Phi) is 5.42. The number of aromatic nitrogens is 2. The number of nitrogens with zero attached hydrogens (tertiary/aromatic N) is 3. The van der Waals surface area contributed by atoms with E-state index in [1.165, 1.54) is 0 Å². The van der Waals surface area contributed by atoms with Crippen LogP contribution in [0.1, 0.15) is 28.5 Å². The van der Waals surface area contributed by atoms with E-state index in [0.717, 1.165) is 34.7 Å². The number of benzene rings is 2. The van der Waals surface area contributed by atoms with Gasteiger partial charge < -0.3 is 10.0 Å². The molecule has 138 valence electrons. The minimum atomic E-state index is -0.943. The van der Waals surface area contributed by atoms with Gasteiger partial charge in [0.15, 0.2) is 5.82 Å². The highest BCUT2D eigenvalue weighted by Crippen LogP contribution is 2.30. The SMILES string of the molecule is CCc1c(C)nc(-c2ccc(Cl)cc2)nc1N(C)c1ccc(C(=O)O)cc1. The Morgan fingerprint density at radius 2 is 1.70 bits per heavy atom. The van der Waals surface area contributed by atoms with E-state index in [9.17, 15) is 4.79 Å². The number of carboxylic acid groups (broad SMARTS) is 1. The first kappa shape index (κ1) is 18.9. The summed E-state index contributed by atoms with van der Waals surface area (Å²) in [5.41, 5.74) is 3.97. The highest BCUT2D eigenvalue weighted by atomic mass is 35.5. The number of rotatable bonds is 5. The van der Waals surface area contributed by atoms with Crippen molar-refractivity contribution < 1.29 is 9.90 Å². The van der Waals surface area contributed by atoms with Gasteiger partial charge in [0.2, 0.25) is 0 Å². The van der Waals surface area contributed by atoms with E-state index in [-0.39, 0.29) is 5.56 Å². The molecule has 0 fully saturated rings. The van der Waals surface area contributed by atoms with Crippen molar-refractivity contribution in [1.82, 2.24) is 9.97 Å². The Labute approximate surface area is 163 Å². The molecule has 0 aliphatic heterocycles. The number of anilines is 2. The molecule has 3 aromatic rings. The van der Waals surface area contributed by atoms with E-state index in [2.05, 4.69) is 11.9 Å². The van der Waals surface area contributed by atoms with E-state index in [0.29, 0.717) is 10.8 Å². The van der Waals surface area contributed by atoms with Crippen LogP contribution in [0.2, 0.25) is 5.02 Å². The van der Waals surface area contributed by atoms with Crippen molar-refractivity contribution in [2.45, 2.75) is 20.3 Å². The number of carbonyl (C=O) groups is 1. The van der Waals surface area contributed by atoms with E-state index in [1.54, 1.807) is 24.3 Å². The second kappa shape index (κ2) is 7.76. The predicted octanol–water partition coefficient (Wildman–Crippen LogP) is 5.13. The van der Waals surface area contributed by atoms with Crippen molar-refractivity contribution in [1.29, 1.82) is 0 Å². The predicted molar refractivity (Wildman–Crippen MR) is 108 cm³/mol. The van der Waals surface area contributed by atoms with Gasteiger partial charge in [0.25, 0.3) is 0 Å². The molecule has 1 N–H and O–H groups in total. The fraction of sp³-hybridized carbons (Fsp3) is 0.190. The zero-order valence-electron chi connectivity index (χ0n) is 15.4. The van der Waals surface area contributed by atoms with Crippen molar-refractivity contribution in [3.63, 3.8) is 0 Å². The van der Waals surface area contributed by atoms with Crippen LogP contribution in [0.3, 0.4) is 0 Å². The largest absolute Gasteiger partial charge is 0.478 e. The van der Waals surface area contributed by atoms with Gasteiger partial charge in [-0.2, -0.15) is 0 Å². The van der Waals surface area contributed by atoms with E-state index in [1.807, 2.05) is 43.1 Å². The molecule has 0 aliphatic rings. The quantitative estimate of drug-likeness (QED) is 0.663. The number of carboxylic acids is 1. The molecule has 0 saturated heterocycles. The Morgan fingerprint density at radius 1 is 1.07 bits per heavy atom. The average molecular weight is 382 g/mol. The monoisotopic (exact) mass is 381 g/mol. The molecule has 0 unspecified atom stereocenters. The number of hydrogen-bond acceptors (Lipinski definition) is 4. The molecule has 0 amide bonds. The van der Waals surface area contributed by atoms with E-state index in [4.69, 9.17) is 21.7 Å². The lowest BCUT2D eigenvalue weighted by molar-refractivity contribution is 0.0697. The summed E-state index contributed by atoms with van der Waals surface area (Å²) in [6.07, 6.45) is 0.791. The second-order valence-corrected chi connectivity index (χ2v) is 6.64. The van der Waals surface area contributed by atoms with Crippen LogP contribution in [0.4, 0.5) is 11.5 Å². The number of aromatic carboxylic acids is 1. The summed E-state index contributed by atoms with van der Waals surface area (Å²) in [5, 5.41) is 9.75. The normalized spacial score (nSPS) is 10.7. The van der Waals surface area contributed by atoms with Crippen molar-refractivity contribution >= 4 is 29.1 Å². The minimum absolute atomic E-state index is 0.253. The van der Waals surface area contributed by atoms with Crippen LogP contribution in [0.25, 0.3) is 11.4 Å². The third-order valence-electron chi connectivity index (χ3n) is 4.47. The molecular weight excluding hydrogens is 362 g/mol. The summed E-state index contributed by atoms with van der Waals surface area (Å²) < 4.78 is 0. The van der Waals surface area contributed by atoms with Crippen molar-refractivity contribution in [2.24, 2.45) is 0 Å². The maximum absolute atomic E-state index is 11.1. The topological polar surface area (TPSA) is 66.3 Å². The maximum atomic E-state index is 11.1. The van der Waals surface area contributed by atoms with Gasteiger partial charge in [0.05, 0.1) is 5.56 Å². The Bertz CT molecular complexity index is 970. The van der Waals surface area contributed by atoms with Gasteiger partial charge in [-0.3, -0.25) is 0 Å². The highest BCUT2D eigenvalue weighted by molar-refractivity contribution is 6.30. The van der Waals surface area contributed by atoms with Gasteiger partial charge >= 0.3 is 5.97 Å². The van der Waals surface area contributed by atoms with Crippen molar-refractivity contribution in [2.75, 3.05) is 11.9 Å². The standard InChI is InChI=1S/C21H20ClN3O2/c1-4-18-13(2)23-19(14-5-9-16(22)10-6-14)24-20(18)25(3)17-11-7-15(8-12-17)21(26)27/h5-12H,4H2,1-3H3,(H,26,27). The first-order valence-corrected chi connectivity index (χ1v) is 8.99. The molecule has 1 heterocycles. The van der Waals surface area contributed by atoms with Crippen LogP contribution in [-0.4, -0.2) is 28.1 Å². The van der Waals surface area contributed by atoms with E-state index < -0.39 is 5.97 Å². The fourth-order valence-electron chi connectivity index (χ4n) is 2.95. The summed E-state index contributed by atoms with van der Waals surface area (Å²) in [5.74, 6) is 0.491. The number of aryl methyl sites for hydroxylation is 1. The molecule has 5 nitrogen and oxygen atoms in total. The molecule has 0 atom stereocenters. The fourth-order valence-corrected chi connectivity index (χ4v) is 3.08. The molecule has 0 bridgehead atoms. The molecule has 0 aliphatic carbocycles. The third-order valence-corrected chi connectivity index (χ3v) is 4.72. The summed E-state index contributed by atoms with van der Waals surface area (Å²) in [6.45, 7) is 4.04. The summed E-state index contributed by atoms with van der Waals surface area (Å²) >= 11 is 5.98. The van der Waals surface area contributed by atoms with Gasteiger partial charge in [-0.25, -0.2) is 14.8 Å². The molecule has 3 rings (SSSR count). The van der Waals surface area contributed by atoms with Gasteiger partial charge in [0, 0.05) is 34.6 Å². The molecule has 0 radical (unpaired) electrons. The smallest absolute Gasteiger partial charge is 0.335 e. The third kappa shape index (κ3) is 3.93. The van der Waals surface area contributed by atoms with Crippen LogP contribution < -0.4 is 4.90 Å². The lowest BCUT2D eigenvalue weighted by atomic mass is 10.1. The Morgan fingerprint density at radius 3 is 2.26 bits per heavy atom. The molecule has 27 heavy (non-hydrogen) atoms. The minimum Gasteiger partial charge on any atom is -0.478 e. The molecule has 1 aromatic heterocycles. The summed E-state index contributed by atoms with van der Waals surface area (Å²) in [7, 11) is 1.92. The molecular formula is C21H20ClN3O2. The van der Waals surface area contributed by atoms with Crippen LogP contribution in [0, 0.1) is 6.92 Å². The maximum Gasteiger partial charge on any atom is 0.335 e. The molecule has 2 aromatic carbocycles. The molecule has 0 saturated carbocycles. The summed E-state index contributed by atoms with van der Waals surface area (Å²) in [6, 6.07) is 14.2. The highest BCUT2D eigenvalue weighted by Gasteiger charge is 2.16. The first-order valence-electron chi connectivity index (χ1n) is 8.61. The molecule has 0 spiro atoms. The van der Waals surface area contributed by atoms with Crippen LogP contribution >= 0.6 is 11.6 Å². The zero-order chi connectivity index (χ0) is 19.6. The molecule has 6 heteroatoms. The lowest BCUT2D eigenvalue weighted by Crippen LogP contribution is -2.16. The van der Waals surface area contributed by atoms with Gasteiger partial charge in [-0.1, -0.05) is 18.5 Å². The first-order chi connectivity index (χ1) is 12.9. The van der Waals surface area contributed by atoms with Crippen molar-refractivity contribution in [3.05, 3.63) is 70.4 Å². The van der Waals surface area contributed by atoms with Crippen molar-refractivity contribution in [3.8, 4) is 11.4 Å². The van der Waals surface area contributed by atoms with Gasteiger partial charge in [-0.15, -0.1) is 0 Å². The van der Waals surface area contributed by atoms with Crippen LogP contribution in [0.15, 0.2) is 48.5 Å². The van der Waals surface area contributed by atoms with E-state index >= 15 is 0 Å². The zero-order valence-corrected chi connectivity index (χ0v) is 16.2. The lowest BCUT2D eigenvalue weighted by Gasteiger charge is -2.23. The average Bonchev–Trinajstić information content (AvgIpc) is 2.67. The van der Waals surface area contributed by atoms with Gasteiger partial charge in [-0.05, 0) is 61.9 Å². The summed E-state index contributed by atoms with van der Waals surface area (Å²) in [4.78, 5) is 22.5. The van der Waals surface area contributed by atoms with Crippen LogP contribution in [-0.2, 0) is 6.42 Å². The number of hydrogen-bond donors (Lipinski definition) is 1. The second-order valence-electron chi connectivity index (χ2n) is 6.21. The van der Waals surface area contributed by atoms with Crippen LogP contribution in [0.5, 0.6) is 0 Å². The Balaban J connectivity index is 2.06. The Hall–Kier alpha value is -2.92. The number of halogens is 1.